The molecule has 1 aliphatic rings. The van der Waals surface area contributed by atoms with Gasteiger partial charge in [-0.2, -0.15) is 0 Å². The van der Waals surface area contributed by atoms with Crippen molar-refractivity contribution in [2.75, 3.05) is 31.1 Å². The van der Waals surface area contributed by atoms with Crippen molar-refractivity contribution in [3.05, 3.63) is 41.7 Å². The fraction of sp³-hybridized carbons (Fsp3) is 0.478. The average Bonchev–Trinajstić information content (AvgIpc) is 3.26. The quantitative estimate of drug-likeness (QED) is 0.493. The minimum atomic E-state index is -0.467. The lowest BCUT2D eigenvalue weighted by molar-refractivity contribution is -0.131. The Labute approximate surface area is 192 Å². The number of nitrogens with two attached hydrogens (primary N) is 1. The van der Waals surface area contributed by atoms with E-state index in [4.69, 9.17) is 5.73 Å². The molecule has 174 valence electrons. The molecular formula is C23H30N8O2. The van der Waals surface area contributed by atoms with Gasteiger partial charge in [0, 0.05) is 57.1 Å². The molecule has 2 N–H and O–H groups in total. The third kappa shape index (κ3) is 5.44. The van der Waals surface area contributed by atoms with Crippen LogP contribution >= 0.6 is 0 Å². The van der Waals surface area contributed by atoms with Crippen LogP contribution in [0.1, 0.15) is 48.5 Å². The van der Waals surface area contributed by atoms with E-state index in [2.05, 4.69) is 32.1 Å². The highest BCUT2D eigenvalue weighted by molar-refractivity contribution is 5.96. The maximum Gasteiger partial charge on any atom is 0.248 e. The van der Waals surface area contributed by atoms with Gasteiger partial charge in [-0.3, -0.25) is 9.59 Å². The summed E-state index contributed by atoms with van der Waals surface area (Å²) in [6.45, 7) is 5.67. The summed E-state index contributed by atoms with van der Waals surface area (Å²) in [6.07, 6.45) is 7.85. The normalized spacial score (nSPS) is 14.1. The number of rotatable bonds is 9. The molecule has 1 aliphatic heterocycles. The van der Waals surface area contributed by atoms with Crippen LogP contribution in [0.25, 0.3) is 11.0 Å². The number of primary amides is 1. The maximum absolute atomic E-state index is 12.6. The smallest absolute Gasteiger partial charge is 0.248 e. The Hall–Kier alpha value is -3.56. The molecule has 1 saturated heterocycles. The number of hydrogen-bond donors (Lipinski definition) is 1. The second kappa shape index (κ2) is 10.4. The number of amides is 2. The summed E-state index contributed by atoms with van der Waals surface area (Å²) in [5.74, 6) is 0.475. The SMILES string of the molecule is CCc1cnc(N2CCN(C(=O)CCCCCn3nnc4ccc(C(N)=O)cc43)CC2)nc1. The van der Waals surface area contributed by atoms with Crippen LogP contribution in [0.3, 0.4) is 0 Å². The average molecular weight is 451 g/mol. The first kappa shape index (κ1) is 22.6. The fourth-order valence-corrected chi connectivity index (χ4v) is 4.01. The standard InChI is InChI=1S/C23H30N8O2/c1-2-17-15-25-23(26-16-17)30-12-10-29(11-13-30)21(32)6-4-3-5-9-31-20-14-18(22(24)33)7-8-19(20)27-28-31/h7-8,14-16H,2-6,9-13H2,1H3,(H2,24,33). The molecule has 3 heterocycles. The Morgan fingerprint density at radius 1 is 1.03 bits per heavy atom. The van der Waals surface area contributed by atoms with Gasteiger partial charge in [-0.05, 0) is 43.0 Å². The van der Waals surface area contributed by atoms with Gasteiger partial charge in [0.15, 0.2) is 0 Å². The number of fused-ring (bicyclic) bond motifs is 1. The van der Waals surface area contributed by atoms with Gasteiger partial charge in [0.25, 0.3) is 0 Å². The lowest BCUT2D eigenvalue weighted by Crippen LogP contribution is -2.49. The number of aryl methyl sites for hydroxylation is 2. The van der Waals surface area contributed by atoms with Crippen LogP contribution in [0.2, 0.25) is 0 Å². The van der Waals surface area contributed by atoms with E-state index in [9.17, 15) is 9.59 Å². The number of benzene rings is 1. The summed E-state index contributed by atoms with van der Waals surface area (Å²) in [5.41, 5.74) is 8.47. The summed E-state index contributed by atoms with van der Waals surface area (Å²) in [4.78, 5) is 37.0. The number of unbranched alkanes of at least 4 members (excludes halogenated alkanes) is 2. The second-order valence-corrected chi connectivity index (χ2v) is 8.30. The molecule has 0 spiro atoms. The van der Waals surface area contributed by atoms with E-state index in [1.165, 1.54) is 0 Å². The minimum absolute atomic E-state index is 0.203. The van der Waals surface area contributed by atoms with Crippen molar-refractivity contribution in [2.24, 2.45) is 5.73 Å². The predicted octanol–water partition coefficient (Wildman–Crippen LogP) is 1.79. The summed E-state index contributed by atoms with van der Waals surface area (Å²) in [6, 6.07) is 5.14. The molecule has 2 amide bonds. The molecule has 0 unspecified atom stereocenters. The van der Waals surface area contributed by atoms with Crippen LogP contribution in [0, 0.1) is 0 Å². The van der Waals surface area contributed by atoms with Crippen molar-refractivity contribution < 1.29 is 9.59 Å². The van der Waals surface area contributed by atoms with Crippen LogP contribution in [-0.4, -0.2) is 67.9 Å². The number of carbonyl (C=O) groups is 2. The highest BCUT2D eigenvalue weighted by Crippen LogP contribution is 2.16. The highest BCUT2D eigenvalue weighted by atomic mass is 16.2. The van der Waals surface area contributed by atoms with Gasteiger partial charge in [-0.15, -0.1) is 5.10 Å². The zero-order valence-electron chi connectivity index (χ0n) is 19.0. The molecule has 0 saturated carbocycles. The van der Waals surface area contributed by atoms with Crippen LogP contribution in [0.4, 0.5) is 5.95 Å². The Bertz CT molecular complexity index is 1100. The molecule has 33 heavy (non-hydrogen) atoms. The number of hydrogen-bond acceptors (Lipinski definition) is 7. The van der Waals surface area contributed by atoms with Crippen LogP contribution < -0.4 is 10.6 Å². The van der Waals surface area contributed by atoms with E-state index < -0.39 is 5.91 Å². The number of anilines is 1. The summed E-state index contributed by atoms with van der Waals surface area (Å²) >= 11 is 0. The summed E-state index contributed by atoms with van der Waals surface area (Å²) < 4.78 is 1.79. The van der Waals surface area contributed by atoms with Crippen LogP contribution in [0.15, 0.2) is 30.6 Å². The lowest BCUT2D eigenvalue weighted by Gasteiger charge is -2.34. The van der Waals surface area contributed by atoms with Gasteiger partial charge >= 0.3 is 0 Å². The molecule has 3 aromatic rings. The zero-order chi connectivity index (χ0) is 23.2. The van der Waals surface area contributed by atoms with Crippen LogP contribution in [0.5, 0.6) is 0 Å². The second-order valence-electron chi connectivity index (χ2n) is 8.30. The van der Waals surface area contributed by atoms with Crippen molar-refractivity contribution >= 4 is 28.8 Å². The predicted molar refractivity (Wildman–Crippen MR) is 125 cm³/mol. The van der Waals surface area contributed by atoms with E-state index in [0.29, 0.717) is 31.6 Å². The Morgan fingerprint density at radius 2 is 1.79 bits per heavy atom. The first-order valence-corrected chi connectivity index (χ1v) is 11.5. The van der Waals surface area contributed by atoms with Gasteiger partial charge in [0.1, 0.15) is 5.52 Å². The van der Waals surface area contributed by atoms with Crippen molar-refractivity contribution in [2.45, 2.75) is 45.6 Å². The monoisotopic (exact) mass is 450 g/mol. The molecule has 2 aromatic heterocycles. The molecule has 4 rings (SSSR count). The van der Waals surface area contributed by atoms with Gasteiger partial charge < -0.3 is 15.5 Å². The topological polar surface area (TPSA) is 123 Å². The molecule has 10 heteroatoms. The molecule has 0 bridgehead atoms. The van der Waals surface area contributed by atoms with Crippen LogP contribution in [-0.2, 0) is 17.8 Å². The third-order valence-corrected chi connectivity index (χ3v) is 6.07. The molecule has 1 fully saturated rings. The first-order chi connectivity index (χ1) is 16.0. The lowest BCUT2D eigenvalue weighted by atomic mass is 10.1. The van der Waals surface area contributed by atoms with Crippen molar-refractivity contribution in [3.8, 4) is 0 Å². The molecule has 1 aromatic carbocycles. The van der Waals surface area contributed by atoms with E-state index in [1.54, 1.807) is 22.9 Å². The van der Waals surface area contributed by atoms with Gasteiger partial charge in [-0.25, -0.2) is 14.6 Å². The molecular weight excluding hydrogens is 420 g/mol. The van der Waals surface area contributed by atoms with E-state index in [0.717, 1.165) is 61.3 Å². The molecule has 0 aliphatic carbocycles. The highest BCUT2D eigenvalue weighted by Gasteiger charge is 2.22. The van der Waals surface area contributed by atoms with Gasteiger partial charge in [0.2, 0.25) is 17.8 Å². The number of piperazine rings is 1. The Morgan fingerprint density at radius 3 is 2.48 bits per heavy atom. The first-order valence-electron chi connectivity index (χ1n) is 11.5. The molecule has 0 radical (unpaired) electrons. The molecule has 0 atom stereocenters. The van der Waals surface area contributed by atoms with Gasteiger partial charge in [0.05, 0.1) is 5.52 Å². The number of aromatic nitrogens is 5. The van der Waals surface area contributed by atoms with Crippen molar-refractivity contribution in [1.82, 2.24) is 29.9 Å². The minimum Gasteiger partial charge on any atom is -0.366 e. The number of carbonyl (C=O) groups excluding carboxylic acids is 2. The fourth-order valence-electron chi connectivity index (χ4n) is 4.01. The number of nitrogens with zero attached hydrogens (tertiary/aromatic N) is 7. The summed E-state index contributed by atoms with van der Waals surface area (Å²) in [5, 5.41) is 8.30. The Balaban J connectivity index is 1.18. The third-order valence-electron chi connectivity index (χ3n) is 6.07. The van der Waals surface area contributed by atoms with Crippen molar-refractivity contribution in [1.29, 1.82) is 0 Å². The molecule has 10 nitrogen and oxygen atoms in total. The summed E-state index contributed by atoms with van der Waals surface area (Å²) in [7, 11) is 0. The van der Waals surface area contributed by atoms with E-state index in [-0.39, 0.29) is 5.91 Å². The van der Waals surface area contributed by atoms with E-state index in [1.807, 2.05) is 17.3 Å². The Kier molecular flexibility index (Phi) is 7.11. The van der Waals surface area contributed by atoms with Gasteiger partial charge in [-0.1, -0.05) is 18.6 Å². The maximum atomic E-state index is 12.6. The largest absolute Gasteiger partial charge is 0.366 e. The van der Waals surface area contributed by atoms with Crippen molar-refractivity contribution in [3.63, 3.8) is 0 Å². The zero-order valence-corrected chi connectivity index (χ0v) is 19.0. The van der Waals surface area contributed by atoms with E-state index >= 15 is 0 Å².